The molecule has 0 fully saturated rings. The highest BCUT2D eigenvalue weighted by atomic mass is 15.2. The van der Waals surface area contributed by atoms with Crippen molar-refractivity contribution in [2.24, 2.45) is 4.99 Å². The van der Waals surface area contributed by atoms with Gasteiger partial charge in [-0.05, 0) is 44.2 Å². The molecule has 1 aromatic rings. The number of rotatable bonds is 5. The molecule has 3 nitrogen and oxygen atoms in total. The zero-order valence-electron chi connectivity index (χ0n) is 11.1. The van der Waals surface area contributed by atoms with E-state index in [1.54, 1.807) is 0 Å². The summed E-state index contributed by atoms with van der Waals surface area (Å²) < 4.78 is 0. The normalized spacial score (nSPS) is 18.4. The Hall–Kier alpha value is -1.48. The fourth-order valence-corrected chi connectivity index (χ4v) is 2.67. The molecule has 2 rings (SSSR count). The van der Waals surface area contributed by atoms with E-state index >= 15 is 0 Å². The fourth-order valence-electron chi connectivity index (χ4n) is 2.67. The van der Waals surface area contributed by atoms with Crippen molar-refractivity contribution in [2.75, 3.05) is 13.1 Å². The van der Waals surface area contributed by atoms with Gasteiger partial charge in [-0.15, -0.1) is 0 Å². The van der Waals surface area contributed by atoms with E-state index in [2.05, 4.69) is 41.2 Å². The molecule has 0 N–H and O–H groups in total. The van der Waals surface area contributed by atoms with Gasteiger partial charge >= 0.3 is 0 Å². The molecule has 0 spiro atoms. The number of fused-ring (bicyclic) bond motifs is 1. The summed E-state index contributed by atoms with van der Waals surface area (Å²) in [5.74, 6) is 0. The van der Waals surface area contributed by atoms with Gasteiger partial charge in [-0.1, -0.05) is 19.6 Å². The molecular weight excluding hydrogens is 222 g/mol. The molecule has 0 saturated carbocycles. The lowest BCUT2D eigenvalue weighted by Crippen LogP contribution is -2.33. The van der Waals surface area contributed by atoms with E-state index in [1.165, 1.54) is 24.1 Å². The number of nitrogens with zero attached hydrogens (tertiary/aromatic N) is 3. The van der Waals surface area contributed by atoms with Gasteiger partial charge in [-0.25, -0.2) is 0 Å². The molecule has 1 aliphatic rings. The van der Waals surface area contributed by atoms with Crippen LogP contribution in [-0.2, 0) is 6.42 Å². The minimum atomic E-state index is 0.401. The van der Waals surface area contributed by atoms with Gasteiger partial charge in [-0.3, -0.25) is 14.9 Å². The highest BCUT2D eigenvalue weighted by Gasteiger charge is 2.26. The highest BCUT2D eigenvalue weighted by Crippen LogP contribution is 2.32. The number of hydrogen-bond donors (Lipinski definition) is 0. The fraction of sp³-hybridized carbons (Fsp3) is 0.467. The van der Waals surface area contributed by atoms with Crippen LogP contribution in [0.1, 0.15) is 37.1 Å². The van der Waals surface area contributed by atoms with Gasteiger partial charge in [0.2, 0.25) is 0 Å². The average molecular weight is 243 g/mol. The Balaban J connectivity index is 2.22. The zero-order chi connectivity index (χ0) is 13.0. The molecule has 0 saturated heterocycles. The topological polar surface area (TPSA) is 28.5 Å². The first-order valence-electron chi connectivity index (χ1n) is 6.58. The van der Waals surface area contributed by atoms with E-state index < -0.39 is 0 Å². The number of hydrogen-bond acceptors (Lipinski definition) is 3. The molecule has 1 aliphatic carbocycles. The SMILES string of the molecule is C=NC(=C)CN(CC)[C@H]1CCCc2cccnc21. The first-order chi connectivity index (χ1) is 8.76. The Kier molecular flexibility index (Phi) is 4.26. The summed E-state index contributed by atoms with van der Waals surface area (Å²) in [5, 5.41) is 0. The second-order valence-electron chi connectivity index (χ2n) is 4.74. The summed E-state index contributed by atoms with van der Waals surface area (Å²) in [7, 11) is 0. The van der Waals surface area contributed by atoms with Crippen LogP contribution in [0, 0.1) is 0 Å². The predicted octanol–water partition coefficient (Wildman–Crippen LogP) is 3.00. The van der Waals surface area contributed by atoms with E-state index in [0.717, 1.165) is 25.2 Å². The van der Waals surface area contributed by atoms with Crippen LogP contribution in [0.2, 0.25) is 0 Å². The van der Waals surface area contributed by atoms with Crippen molar-refractivity contribution in [2.45, 2.75) is 32.2 Å². The van der Waals surface area contributed by atoms with Crippen molar-refractivity contribution >= 4 is 6.72 Å². The standard InChI is InChI=1S/C15H21N3/c1-4-18(11-12(2)16-3)14-9-5-7-13-8-6-10-17-15(13)14/h6,8,10,14H,2-5,7,9,11H2,1H3/t14-/m0/s1. The monoisotopic (exact) mass is 243 g/mol. The summed E-state index contributed by atoms with van der Waals surface area (Å²) in [4.78, 5) is 10.9. The molecule has 3 heteroatoms. The minimum absolute atomic E-state index is 0.401. The molecule has 96 valence electrons. The number of pyridine rings is 1. The molecule has 0 aliphatic heterocycles. The maximum absolute atomic E-state index is 4.59. The van der Waals surface area contributed by atoms with Crippen molar-refractivity contribution in [1.29, 1.82) is 0 Å². The van der Waals surface area contributed by atoms with Crippen LogP contribution < -0.4 is 0 Å². The van der Waals surface area contributed by atoms with Crippen LogP contribution in [0.4, 0.5) is 0 Å². The van der Waals surface area contributed by atoms with E-state index in [4.69, 9.17) is 0 Å². The smallest absolute Gasteiger partial charge is 0.0607 e. The van der Waals surface area contributed by atoms with Crippen molar-refractivity contribution < 1.29 is 0 Å². The predicted molar refractivity (Wildman–Crippen MR) is 75.9 cm³/mol. The lowest BCUT2D eigenvalue weighted by Gasteiger charge is -2.34. The van der Waals surface area contributed by atoms with Crippen LogP contribution in [-0.4, -0.2) is 29.7 Å². The highest BCUT2D eigenvalue weighted by molar-refractivity contribution is 5.29. The Morgan fingerprint density at radius 2 is 2.44 bits per heavy atom. The number of likely N-dealkylation sites (N-methyl/N-ethyl adjacent to an activating group) is 1. The molecule has 18 heavy (non-hydrogen) atoms. The maximum atomic E-state index is 4.59. The van der Waals surface area contributed by atoms with Gasteiger partial charge in [0.1, 0.15) is 0 Å². The van der Waals surface area contributed by atoms with Crippen LogP contribution in [0.3, 0.4) is 0 Å². The second kappa shape index (κ2) is 5.91. The van der Waals surface area contributed by atoms with Crippen LogP contribution >= 0.6 is 0 Å². The molecule has 0 bridgehead atoms. The van der Waals surface area contributed by atoms with Gasteiger partial charge < -0.3 is 0 Å². The van der Waals surface area contributed by atoms with Crippen LogP contribution in [0.25, 0.3) is 0 Å². The Bertz CT molecular complexity index is 439. The lowest BCUT2D eigenvalue weighted by molar-refractivity contribution is 0.199. The van der Waals surface area contributed by atoms with Gasteiger partial charge in [0, 0.05) is 18.4 Å². The largest absolute Gasteiger partial charge is 0.289 e. The summed E-state index contributed by atoms with van der Waals surface area (Å²) in [6.07, 6.45) is 5.44. The van der Waals surface area contributed by atoms with Gasteiger partial charge in [0.25, 0.3) is 0 Å². The molecular formula is C15H21N3. The Morgan fingerprint density at radius 3 is 3.17 bits per heavy atom. The van der Waals surface area contributed by atoms with Crippen molar-refractivity contribution in [3.63, 3.8) is 0 Å². The van der Waals surface area contributed by atoms with E-state index in [9.17, 15) is 0 Å². The van der Waals surface area contributed by atoms with Gasteiger partial charge in [-0.2, -0.15) is 0 Å². The zero-order valence-corrected chi connectivity index (χ0v) is 11.1. The third kappa shape index (κ3) is 2.67. The first-order valence-corrected chi connectivity index (χ1v) is 6.58. The number of aromatic nitrogens is 1. The van der Waals surface area contributed by atoms with E-state index in [1.807, 2.05) is 12.3 Å². The lowest BCUT2D eigenvalue weighted by atomic mass is 9.91. The maximum Gasteiger partial charge on any atom is 0.0607 e. The third-order valence-electron chi connectivity index (χ3n) is 3.62. The minimum Gasteiger partial charge on any atom is -0.289 e. The number of aliphatic imine (C=N–C) groups is 1. The summed E-state index contributed by atoms with van der Waals surface area (Å²) in [6, 6.07) is 4.63. The summed E-state index contributed by atoms with van der Waals surface area (Å²) in [6.45, 7) is 11.4. The molecule has 0 aromatic carbocycles. The molecule has 0 amide bonds. The van der Waals surface area contributed by atoms with Crippen molar-refractivity contribution in [3.05, 3.63) is 41.9 Å². The van der Waals surface area contributed by atoms with Gasteiger partial charge in [0.15, 0.2) is 0 Å². The molecule has 1 atom stereocenters. The van der Waals surface area contributed by atoms with Crippen LogP contribution in [0.5, 0.6) is 0 Å². The summed E-state index contributed by atoms with van der Waals surface area (Å²) >= 11 is 0. The Morgan fingerprint density at radius 1 is 1.61 bits per heavy atom. The van der Waals surface area contributed by atoms with E-state index in [-0.39, 0.29) is 0 Å². The first kappa shape index (κ1) is 13.0. The third-order valence-corrected chi connectivity index (χ3v) is 3.62. The van der Waals surface area contributed by atoms with Gasteiger partial charge in [0.05, 0.1) is 11.7 Å². The average Bonchev–Trinajstić information content (AvgIpc) is 2.44. The molecule has 0 radical (unpaired) electrons. The van der Waals surface area contributed by atoms with Crippen molar-refractivity contribution in [3.8, 4) is 0 Å². The van der Waals surface area contributed by atoms with E-state index in [0.29, 0.717) is 6.04 Å². The molecule has 1 aromatic heterocycles. The summed E-state index contributed by atoms with van der Waals surface area (Å²) in [5.41, 5.74) is 3.46. The van der Waals surface area contributed by atoms with Crippen LogP contribution in [0.15, 0.2) is 35.6 Å². The Labute approximate surface area is 109 Å². The second-order valence-corrected chi connectivity index (χ2v) is 4.74. The number of aryl methyl sites for hydroxylation is 1. The molecule has 0 unspecified atom stereocenters. The van der Waals surface area contributed by atoms with Crippen molar-refractivity contribution in [1.82, 2.24) is 9.88 Å². The molecule has 1 heterocycles. The quantitative estimate of drug-likeness (QED) is 0.744.